The molecule has 2 N–H and O–H groups in total. The minimum Gasteiger partial charge on any atom is -0.481 e. The first-order valence-corrected chi connectivity index (χ1v) is 11.6. The van der Waals surface area contributed by atoms with Gasteiger partial charge in [-0.25, -0.2) is 18.0 Å². The number of halogens is 3. The van der Waals surface area contributed by atoms with Crippen LogP contribution in [0.5, 0.6) is 11.8 Å². The average molecular weight is 520 g/mol. The molecule has 1 aliphatic rings. The molecule has 0 aliphatic heterocycles. The van der Waals surface area contributed by atoms with E-state index in [9.17, 15) is 31.2 Å². The summed E-state index contributed by atoms with van der Waals surface area (Å²) in [4.78, 5) is 31.4. The van der Waals surface area contributed by atoms with Crippen molar-refractivity contribution in [3.63, 3.8) is 0 Å². The maximum absolute atomic E-state index is 13.5. The number of sulfone groups is 1. The number of aromatic nitrogens is 2. The lowest BCUT2D eigenvalue weighted by Gasteiger charge is -2.18. The maximum Gasteiger partial charge on any atom is 0.413 e. The number of amides is 2. The molecule has 1 aliphatic carbocycles. The number of urea groups is 1. The van der Waals surface area contributed by atoms with E-state index < -0.39 is 55.9 Å². The maximum atomic E-state index is 13.5. The second-order valence-corrected chi connectivity index (χ2v) is 8.86. The Labute approximate surface area is 199 Å². The highest BCUT2D eigenvalue weighted by Crippen LogP contribution is 2.38. The van der Waals surface area contributed by atoms with Crippen molar-refractivity contribution in [3.05, 3.63) is 40.3 Å². The molecule has 35 heavy (non-hydrogen) atoms. The Bertz CT molecular complexity index is 1160. The number of nitrogens with one attached hydrogen (secondary N) is 2. The quantitative estimate of drug-likeness (QED) is 0.494. The van der Waals surface area contributed by atoms with Crippen LogP contribution in [0.15, 0.2) is 40.3 Å². The number of hydrogen-bond acceptors (Lipinski definition) is 9. The molecule has 1 heterocycles. The van der Waals surface area contributed by atoms with Gasteiger partial charge in [0.1, 0.15) is 5.88 Å². The molecule has 0 spiro atoms. The number of alkyl halides is 3. The number of methoxy groups -OCH3 is 3. The number of nitrogens with zero attached hydrogens (tertiary/aromatic N) is 2. The molecule has 1 atom stereocenters. The van der Waals surface area contributed by atoms with Crippen LogP contribution >= 0.6 is 0 Å². The third-order valence-electron chi connectivity index (χ3n) is 4.70. The topological polar surface area (TPSA) is 146 Å². The Morgan fingerprint density at radius 2 is 1.69 bits per heavy atom. The van der Waals surface area contributed by atoms with Crippen LogP contribution in [-0.2, 0) is 19.4 Å². The van der Waals surface area contributed by atoms with Gasteiger partial charge in [0.15, 0.2) is 9.84 Å². The number of ether oxygens (including phenoxy) is 3. The van der Waals surface area contributed by atoms with Crippen LogP contribution in [0.2, 0.25) is 0 Å². The molecule has 0 saturated heterocycles. The van der Waals surface area contributed by atoms with Gasteiger partial charge in [-0.05, 0) is 12.5 Å². The fourth-order valence-corrected chi connectivity index (χ4v) is 4.32. The second kappa shape index (κ2) is 11.2. The highest BCUT2D eigenvalue weighted by atomic mass is 32.2. The van der Waals surface area contributed by atoms with Gasteiger partial charge in [0, 0.05) is 11.5 Å². The summed E-state index contributed by atoms with van der Waals surface area (Å²) < 4.78 is 80.9. The highest BCUT2D eigenvalue weighted by Gasteiger charge is 2.40. The van der Waals surface area contributed by atoms with E-state index >= 15 is 0 Å². The van der Waals surface area contributed by atoms with E-state index in [0.29, 0.717) is 6.08 Å². The minimum atomic E-state index is -4.76. The van der Waals surface area contributed by atoms with Crippen molar-refractivity contribution in [3.8, 4) is 11.8 Å². The molecule has 15 heteroatoms. The normalized spacial score (nSPS) is 16.2. The van der Waals surface area contributed by atoms with E-state index in [1.165, 1.54) is 27.2 Å². The van der Waals surface area contributed by atoms with Gasteiger partial charge in [-0.2, -0.15) is 23.1 Å². The summed E-state index contributed by atoms with van der Waals surface area (Å²) in [6.07, 6.45) is -2.64. The fourth-order valence-electron chi connectivity index (χ4n) is 2.99. The van der Waals surface area contributed by atoms with E-state index in [4.69, 9.17) is 9.47 Å². The molecule has 0 bridgehead atoms. The van der Waals surface area contributed by atoms with Gasteiger partial charge in [0.25, 0.3) is 0 Å². The summed E-state index contributed by atoms with van der Waals surface area (Å²) in [6, 6.07) is 0.281. The summed E-state index contributed by atoms with van der Waals surface area (Å²) in [5.74, 6) is -3.74. The lowest BCUT2D eigenvalue weighted by molar-refractivity contribution is -0.135. The van der Waals surface area contributed by atoms with Crippen LogP contribution in [0.4, 0.5) is 23.9 Å². The van der Waals surface area contributed by atoms with E-state index in [-0.39, 0.29) is 24.1 Å². The zero-order valence-electron chi connectivity index (χ0n) is 19.1. The summed E-state index contributed by atoms with van der Waals surface area (Å²) in [6.45, 7) is 1.43. The monoisotopic (exact) mass is 520 g/mol. The molecule has 2 amide bonds. The fraction of sp³-hybridized carbons (Fsp3) is 0.400. The van der Waals surface area contributed by atoms with Crippen molar-refractivity contribution < 1.29 is 45.4 Å². The van der Waals surface area contributed by atoms with Crippen LogP contribution in [-0.4, -0.2) is 63.8 Å². The van der Waals surface area contributed by atoms with Gasteiger partial charge >= 0.3 is 18.2 Å². The number of esters is 1. The standard InChI is InChI=1S/C20H23F3N4O7S/c1-5-11-8-14(12(17(28)34-4)6-7-13(11)20(21,22)23)35(30,31)10-24-19(29)27-18-25-15(32-2)9-16(26-18)33-3/h6-9,11H,5,10H2,1-4H3,(H2,24,25,26,27,29). The van der Waals surface area contributed by atoms with E-state index in [1.54, 1.807) is 0 Å². The zero-order valence-corrected chi connectivity index (χ0v) is 19.9. The van der Waals surface area contributed by atoms with Crippen LogP contribution in [0.25, 0.3) is 0 Å². The molecule has 0 radical (unpaired) electrons. The van der Waals surface area contributed by atoms with Crippen LogP contribution in [0.1, 0.15) is 13.3 Å². The number of rotatable bonds is 8. The number of allylic oxidation sites excluding steroid dienone is 4. The molecule has 0 saturated carbocycles. The number of anilines is 1. The first-order valence-electron chi connectivity index (χ1n) is 9.90. The van der Waals surface area contributed by atoms with E-state index in [1.807, 2.05) is 0 Å². The number of hydrogen-bond donors (Lipinski definition) is 2. The summed E-state index contributed by atoms with van der Waals surface area (Å²) in [5, 5.41) is 4.25. The SMILES string of the molecule is CCC1C=C(S(=O)(=O)CNC(=O)Nc2nc(OC)cc(OC)n2)C(C(=O)OC)=CC=C1C(F)(F)F. The molecule has 192 valence electrons. The molecule has 1 unspecified atom stereocenters. The molecular weight excluding hydrogens is 497 g/mol. The van der Waals surface area contributed by atoms with Crippen molar-refractivity contribution in [1.29, 1.82) is 0 Å². The van der Waals surface area contributed by atoms with E-state index in [0.717, 1.165) is 19.3 Å². The third-order valence-corrected chi connectivity index (χ3v) is 6.25. The lowest BCUT2D eigenvalue weighted by atomic mass is 9.95. The minimum absolute atomic E-state index is 0.0508. The van der Waals surface area contributed by atoms with Crippen molar-refractivity contribution in [2.75, 3.05) is 32.5 Å². The number of carbonyl (C=O) groups is 2. The number of carbonyl (C=O) groups excluding carboxylic acids is 2. The van der Waals surface area contributed by atoms with Gasteiger partial charge in [0.05, 0.1) is 37.9 Å². The molecule has 2 rings (SSSR count). The molecule has 1 aromatic rings. The smallest absolute Gasteiger partial charge is 0.413 e. The second-order valence-electron chi connectivity index (χ2n) is 6.90. The zero-order chi connectivity index (χ0) is 26.4. The summed E-state index contributed by atoms with van der Waals surface area (Å²) in [5.41, 5.74) is -1.63. The largest absolute Gasteiger partial charge is 0.481 e. The predicted molar refractivity (Wildman–Crippen MR) is 117 cm³/mol. The Balaban J connectivity index is 2.31. The van der Waals surface area contributed by atoms with Crippen molar-refractivity contribution in [2.24, 2.45) is 5.92 Å². The molecule has 0 aromatic carbocycles. The average Bonchev–Trinajstić information content (AvgIpc) is 3.02. The van der Waals surface area contributed by atoms with Gasteiger partial charge < -0.3 is 19.5 Å². The summed E-state index contributed by atoms with van der Waals surface area (Å²) >= 11 is 0. The van der Waals surface area contributed by atoms with Crippen molar-refractivity contribution in [1.82, 2.24) is 15.3 Å². The van der Waals surface area contributed by atoms with Crippen LogP contribution < -0.4 is 20.1 Å². The molecule has 0 fully saturated rings. The molecular formula is C20H23F3N4O7S. The van der Waals surface area contributed by atoms with E-state index in [2.05, 4.69) is 25.3 Å². The molecule has 11 nitrogen and oxygen atoms in total. The van der Waals surface area contributed by atoms with Gasteiger partial charge in [-0.3, -0.25) is 5.32 Å². The van der Waals surface area contributed by atoms with Gasteiger partial charge in [0.2, 0.25) is 17.7 Å². The first-order chi connectivity index (χ1) is 16.4. The van der Waals surface area contributed by atoms with Gasteiger partial charge in [-0.1, -0.05) is 19.1 Å². The lowest BCUT2D eigenvalue weighted by Crippen LogP contribution is -2.35. The Hall–Kier alpha value is -3.62. The Morgan fingerprint density at radius 1 is 1.09 bits per heavy atom. The van der Waals surface area contributed by atoms with Crippen molar-refractivity contribution in [2.45, 2.75) is 19.5 Å². The Kier molecular flexibility index (Phi) is 8.84. The first kappa shape index (κ1) is 27.6. The molecule has 1 aromatic heterocycles. The van der Waals surface area contributed by atoms with Crippen molar-refractivity contribution >= 4 is 27.8 Å². The summed E-state index contributed by atoms with van der Waals surface area (Å²) in [7, 11) is -0.924. The highest BCUT2D eigenvalue weighted by molar-refractivity contribution is 7.95. The predicted octanol–water partition coefficient (Wildman–Crippen LogP) is 2.50. The Morgan fingerprint density at radius 3 is 2.17 bits per heavy atom. The van der Waals surface area contributed by atoms with Gasteiger partial charge in [-0.15, -0.1) is 0 Å². The van der Waals surface area contributed by atoms with Crippen LogP contribution in [0.3, 0.4) is 0 Å². The van der Waals surface area contributed by atoms with Crippen LogP contribution in [0, 0.1) is 5.92 Å². The third kappa shape index (κ3) is 6.94.